The van der Waals surface area contributed by atoms with Crippen LogP contribution in [0, 0.1) is 0 Å². The van der Waals surface area contributed by atoms with E-state index in [-0.39, 0.29) is 5.91 Å². The summed E-state index contributed by atoms with van der Waals surface area (Å²) in [4.78, 5) is 25.2. The molecule has 0 unspecified atom stereocenters. The number of ether oxygens (including phenoxy) is 1. The zero-order valence-corrected chi connectivity index (χ0v) is 11.9. The van der Waals surface area contributed by atoms with Crippen LogP contribution in [-0.2, 0) is 4.74 Å². The number of amides is 1. The van der Waals surface area contributed by atoms with Crippen molar-refractivity contribution in [2.75, 3.05) is 24.8 Å². The average molecular weight is 284 g/mol. The highest BCUT2D eigenvalue weighted by Gasteiger charge is 2.14. The Morgan fingerprint density at radius 2 is 1.48 bits per heavy atom. The lowest BCUT2D eigenvalue weighted by atomic mass is 10.1. The lowest BCUT2D eigenvalue weighted by Gasteiger charge is -2.17. The minimum absolute atomic E-state index is 0.152. The number of hydrogen-bond donors (Lipinski definition) is 1. The van der Waals surface area contributed by atoms with Crippen LogP contribution in [0.5, 0.6) is 0 Å². The van der Waals surface area contributed by atoms with Crippen molar-refractivity contribution in [1.82, 2.24) is 0 Å². The Balaban J connectivity index is 2.19. The van der Waals surface area contributed by atoms with Gasteiger partial charge in [0.05, 0.1) is 12.7 Å². The molecule has 21 heavy (non-hydrogen) atoms. The molecule has 5 nitrogen and oxygen atoms in total. The van der Waals surface area contributed by atoms with Gasteiger partial charge in [-0.2, -0.15) is 0 Å². The summed E-state index contributed by atoms with van der Waals surface area (Å²) in [5.74, 6) is -0.560. The molecule has 0 aliphatic rings. The van der Waals surface area contributed by atoms with Crippen LogP contribution in [0.1, 0.15) is 20.7 Å². The van der Waals surface area contributed by atoms with Crippen LogP contribution in [0.3, 0.4) is 0 Å². The van der Waals surface area contributed by atoms with E-state index in [1.54, 1.807) is 55.6 Å². The lowest BCUT2D eigenvalue weighted by molar-refractivity contribution is 0.0600. The minimum atomic E-state index is -0.408. The quantitative estimate of drug-likeness (QED) is 0.693. The first kappa shape index (κ1) is 14.6. The van der Waals surface area contributed by atoms with Crippen LogP contribution in [0.15, 0.2) is 48.5 Å². The summed E-state index contributed by atoms with van der Waals surface area (Å²) in [6.45, 7) is 0. The molecule has 2 aromatic rings. The Morgan fingerprint density at radius 3 is 2.00 bits per heavy atom. The summed E-state index contributed by atoms with van der Waals surface area (Å²) >= 11 is 0. The van der Waals surface area contributed by atoms with Gasteiger partial charge in [-0.25, -0.2) is 4.79 Å². The van der Waals surface area contributed by atoms with Crippen molar-refractivity contribution in [2.45, 2.75) is 0 Å². The largest absolute Gasteiger partial charge is 0.465 e. The summed E-state index contributed by atoms with van der Waals surface area (Å²) in [6.07, 6.45) is 0. The van der Waals surface area contributed by atoms with Gasteiger partial charge in [-0.15, -0.1) is 0 Å². The summed E-state index contributed by atoms with van der Waals surface area (Å²) in [5, 5.41) is 0. The third kappa shape index (κ3) is 3.20. The van der Waals surface area contributed by atoms with Crippen molar-refractivity contribution in [3.63, 3.8) is 0 Å². The van der Waals surface area contributed by atoms with Gasteiger partial charge in [-0.3, -0.25) is 4.79 Å². The Labute approximate surface area is 122 Å². The molecule has 2 aromatic carbocycles. The second-order valence-corrected chi connectivity index (χ2v) is 4.52. The molecule has 0 saturated carbocycles. The normalized spacial score (nSPS) is 10.0. The SMILES string of the molecule is COC(=O)c1ccc(N(C)C(=O)c2ccc(N)cc2)cc1. The number of carbonyl (C=O) groups is 2. The zero-order valence-electron chi connectivity index (χ0n) is 11.9. The van der Waals surface area contributed by atoms with Crippen molar-refractivity contribution in [2.24, 2.45) is 0 Å². The van der Waals surface area contributed by atoms with Crippen LogP contribution in [0.2, 0.25) is 0 Å². The van der Waals surface area contributed by atoms with Gasteiger partial charge in [0.2, 0.25) is 0 Å². The minimum Gasteiger partial charge on any atom is -0.465 e. The van der Waals surface area contributed by atoms with Gasteiger partial charge in [-0.05, 0) is 48.5 Å². The highest BCUT2D eigenvalue weighted by molar-refractivity contribution is 6.06. The van der Waals surface area contributed by atoms with Gasteiger partial charge in [-0.1, -0.05) is 0 Å². The van der Waals surface area contributed by atoms with E-state index >= 15 is 0 Å². The van der Waals surface area contributed by atoms with E-state index in [4.69, 9.17) is 5.73 Å². The molecule has 0 aliphatic carbocycles. The lowest BCUT2D eigenvalue weighted by Crippen LogP contribution is -2.26. The number of rotatable bonds is 3. The fraction of sp³-hybridized carbons (Fsp3) is 0.125. The summed E-state index contributed by atoms with van der Waals surface area (Å²) in [5.41, 5.74) is 7.88. The number of anilines is 2. The first-order valence-corrected chi connectivity index (χ1v) is 6.35. The average Bonchev–Trinajstić information content (AvgIpc) is 2.53. The predicted molar refractivity (Wildman–Crippen MR) is 81.4 cm³/mol. The Bertz CT molecular complexity index is 648. The number of benzene rings is 2. The third-order valence-corrected chi connectivity index (χ3v) is 3.14. The molecule has 0 saturated heterocycles. The van der Waals surface area contributed by atoms with Crippen molar-refractivity contribution >= 4 is 23.3 Å². The van der Waals surface area contributed by atoms with E-state index in [0.29, 0.717) is 22.5 Å². The van der Waals surface area contributed by atoms with Gasteiger partial charge in [0, 0.05) is 24.0 Å². The number of nitrogens with zero attached hydrogens (tertiary/aromatic N) is 1. The summed E-state index contributed by atoms with van der Waals surface area (Å²) in [6, 6.07) is 13.3. The van der Waals surface area contributed by atoms with E-state index in [2.05, 4.69) is 4.74 Å². The van der Waals surface area contributed by atoms with Crippen molar-refractivity contribution in [3.05, 3.63) is 59.7 Å². The molecule has 2 N–H and O–H groups in total. The molecule has 5 heteroatoms. The van der Waals surface area contributed by atoms with Crippen LogP contribution in [0.25, 0.3) is 0 Å². The van der Waals surface area contributed by atoms with Gasteiger partial charge in [0.1, 0.15) is 0 Å². The smallest absolute Gasteiger partial charge is 0.337 e. The van der Waals surface area contributed by atoms with Crippen molar-refractivity contribution < 1.29 is 14.3 Å². The van der Waals surface area contributed by atoms with Gasteiger partial charge in [0.25, 0.3) is 5.91 Å². The molecule has 0 fully saturated rings. The summed E-state index contributed by atoms with van der Waals surface area (Å²) < 4.78 is 4.63. The number of methoxy groups -OCH3 is 1. The molecule has 0 atom stereocenters. The van der Waals surface area contributed by atoms with E-state index in [1.807, 2.05) is 0 Å². The van der Waals surface area contributed by atoms with Crippen molar-refractivity contribution in [3.8, 4) is 0 Å². The molecule has 0 aliphatic heterocycles. The number of nitrogen functional groups attached to an aromatic ring is 1. The highest BCUT2D eigenvalue weighted by Crippen LogP contribution is 2.17. The van der Waals surface area contributed by atoms with Crippen LogP contribution >= 0.6 is 0 Å². The molecule has 0 radical (unpaired) electrons. The predicted octanol–water partition coefficient (Wildman–Crippen LogP) is 2.33. The first-order chi connectivity index (χ1) is 10.0. The summed E-state index contributed by atoms with van der Waals surface area (Å²) in [7, 11) is 3.00. The molecule has 1 amide bonds. The maximum Gasteiger partial charge on any atom is 0.337 e. The topological polar surface area (TPSA) is 72.6 Å². The monoisotopic (exact) mass is 284 g/mol. The Kier molecular flexibility index (Phi) is 4.23. The second-order valence-electron chi connectivity index (χ2n) is 4.52. The van der Waals surface area contributed by atoms with Crippen LogP contribution < -0.4 is 10.6 Å². The molecule has 0 bridgehead atoms. The standard InChI is InChI=1S/C16H16N2O3/c1-18(15(19)11-3-7-13(17)8-4-11)14-9-5-12(6-10-14)16(20)21-2/h3-10H,17H2,1-2H3. The maximum atomic E-state index is 12.3. The molecule has 108 valence electrons. The van der Waals surface area contributed by atoms with Gasteiger partial charge >= 0.3 is 5.97 Å². The molecule has 2 rings (SSSR count). The van der Waals surface area contributed by atoms with E-state index in [1.165, 1.54) is 12.0 Å². The molecular weight excluding hydrogens is 268 g/mol. The van der Waals surface area contributed by atoms with Crippen LogP contribution in [0.4, 0.5) is 11.4 Å². The van der Waals surface area contributed by atoms with Gasteiger partial charge in [0.15, 0.2) is 0 Å². The molecule has 0 heterocycles. The van der Waals surface area contributed by atoms with E-state index in [9.17, 15) is 9.59 Å². The number of hydrogen-bond acceptors (Lipinski definition) is 4. The third-order valence-electron chi connectivity index (χ3n) is 3.14. The maximum absolute atomic E-state index is 12.3. The Morgan fingerprint density at radius 1 is 0.952 bits per heavy atom. The van der Waals surface area contributed by atoms with Gasteiger partial charge < -0.3 is 15.4 Å². The number of carbonyl (C=O) groups excluding carboxylic acids is 2. The first-order valence-electron chi connectivity index (χ1n) is 6.35. The number of nitrogens with two attached hydrogens (primary N) is 1. The molecular formula is C16H16N2O3. The van der Waals surface area contributed by atoms with E-state index in [0.717, 1.165) is 0 Å². The molecule has 0 aromatic heterocycles. The Hall–Kier alpha value is -2.82. The van der Waals surface area contributed by atoms with E-state index < -0.39 is 5.97 Å². The van der Waals surface area contributed by atoms with Crippen molar-refractivity contribution in [1.29, 1.82) is 0 Å². The zero-order chi connectivity index (χ0) is 15.4. The molecule has 0 spiro atoms. The van der Waals surface area contributed by atoms with Crippen LogP contribution in [-0.4, -0.2) is 26.0 Å². The number of esters is 1. The fourth-order valence-corrected chi connectivity index (χ4v) is 1.88. The fourth-order valence-electron chi connectivity index (χ4n) is 1.88. The second kappa shape index (κ2) is 6.09. The highest BCUT2D eigenvalue weighted by atomic mass is 16.5.